The van der Waals surface area contributed by atoms with E-state index in [1.807, 2.05) is 40.1 Å². The van der Waals surface area contributed by atoms with Gasteiger partial charge in [0.15, 0.2) is 0 Å². The molecule has 5 heteroatoms. The maximum Gasteiger partial charge on any atom is 0.329 e. The van der Waals surface area contributed by atoms with Gasteiger partial charge in [0.1, 0.15) is 17.3 Å². The van der Waals surface area contributed by atoms with Crippen LogP contribution in [0.15, 0.2) is 18.3 Å². The first-order valence-corrected chi connectivity index (χ1v) is 6.95. The second-order valence-electron chi connectivity index (χ2n) is 6.19. The molecule has 110 valence electrons. The average Bonchev–Trinajstić information content (AvgIpc) is 2.93. The van der Waals surface area contributed by atoms with Crippen molar-refractivity contribution in [3.63, 3.8) is 0 Å². The molecule has 0 unspecified atom stereocenters. The molecule has 2 heterocycles. The molecule has 1 saturated heterocycles. The number of likely N-dealkylation sites (tertiary alicyclic amines) is 1. The number of carbonyl (C=O) groups is 2. The van der Waals surface area contributed by atoms with Gasteiger partial charge in [0.05, 0.1) is 0 Å². The smallest absolute Gasteiger partial charge is 0.329 e. The topological polar surface area (TPSA) is 51.5 Å². The number of rotatable bonds is 2. The molecule has 0 bridgehead atoms. The molecule has 0 aromatic carbocycles. The number of amides is 1. The molecule has 1 aliphatic heterocycles. The Hall–Kier alpha value is -1.78. The van der Waals surface area contributed by atoms with Crippen LogP contribution in [0.2, 0.25) is 0 Å². The largest absolute Gasteiger partial charge is 0.458 e. The molecule has 1 atom stereocenters. The number of nitrogens with zero attached hydrogens (tertiary/aromatic N) is 2. The van der Waals surface area contributed by atoms with Crippen molar-refractivity contribution >= 4 is 11.9 Å². The first-order valence-electron chi connectivity index (χ1n) is 6.95. The highest BCUT2D eigenvalue weighted by atomic mass is 16.6. The van der Waals surface area contributed by atoms with E-state index in [9.17, 15) is 9.59 Å². The van der Waals surface area contributed by atoms with Crippen LogP contribution in [0.3, 0.4) is 0 Å². The van der Waals surface area contributed by atoms with Gasteiger partial charge < -0.3 is 14.2 Å². The number of aromatic nitrogens is 1. The molecule has 0 N–H and O–H groups in total. The Labute approximate surface area is 119 Å². The summed E-state index contributed by atoms with van der Waals surface area (Å²) in [5.74, 6) is -0.414. The van der Waals surface area contributed by atoms with Crippen LogP contribution in [-0.2, 0) is 16.6 Å². The van der Waals surface area contributed by atoms with Crippen molar-refractivity contribution in [1.29, 1.82) is 0 Å². The van der Waals surface area contributed by atoms with E-state index < -0.39 is 11.6 Å². The average molecular weight is 278 g/mol. The fourth-order valence-electron chi connectivity index (χ4n) is 2.46. The molecule has 1 aromatic heterocycles. The summed E-state index contributed by atoms with van der Waals surface area (Å²) in [6, 6.07) is 3.13. The van der Waals surface area contributed by atoms with Crippen molar-refractivity contribution in [2.24, 2.45) is 7.05 Å². The molecule has 1 amide bonds. The van der Waals surface area contributed by atoms with E-state index in [1.165, 1.54) is 0 Å². The lowest BCUT2D eigenvalue weighted by Gasteiger charge is -2.27. The van der Waals surface area contributed by atoms with E-state index in [0.717, 1.165) is 6.42 Å². The third kappa shape index (κ3) is 3.03. The summed E-state index contributed by atoms with van der Waals surface area (Å²) in [6.07, 6.45) is 3.33. The summed E-state index contributed by atoms with van der Waals surface area (Å²) in [4.78, 5) is 26.3. The first kappa shape index (κ1) is 14.6. The Bertz CT molecular complexity index is 513. The maximum atomic E-state index is 12.5. The van der Waals surface area contributed by atoms with Crippen molar-refractivity contribution in [1.82, 2.24) is 9.47 Å². The van der Waals surface area contributed by atoms with Crippen molar-refractivity contribution < 1.29 is 14.3 Å². The minimum absolute atomic E-state index is 0.106. The monoisotopic (exact) mass is 278 g/mol. The summed E-state index contributed by atoms with van der Waals surface area (Å²) in [6.45, 7) is 6.11. The first-order chi connectivity index (χ1) is 9.29. The van der Waals surface area contributed by atoms with Crippen molar-refractivity contribution in [2.75, 3.05) is 6.54 Å². The molecule has 0 spiro atoms. The van der Waals surface area contributed by atoms with E-state index in [4.69, 9.17) is 4.74 Å². The Morgan fingerprint density at radius 2 is 2.05 bits per heavy atom. The van der Waals surface area contributed by atoms with Crippen molar-refractivity contribution in [3.05, 3.63) is 24.0 Å². The van der Waals surface area contributed by atoms with Crippen LogP contribution >= 0.6 is 0 Å². The Kier molecular flexibility index (Phi) is 3.88. The lowest BCUT2D eigenvalue weighted by molar-refractivity contribution is -0.159. The summed E-state index contributed by atoms with van der Waals surface area (Å²) >= 11 is 0. The molecular weight excluding hydrogens is 256 g/mol. The van der Waals surface area contributed by atoms with E-state index in [1.54, 1.807) is 15.5 Å². The zero-order valence-electron chi connectivity index (χ0n) is 12.5. The van der Waals surface area contributed by atoms with E-state index >= 15 is 0 Å². The zero-order chi connectivity index (χ0) is 14.9. The van der Waals surface area contributed by atoms with Crippen molar-refractivity contribution in [2.45, 2.75) is 45.3 Å². The standard InChI is InChI=1S/C15H22N2O3/c1-15(2,3)20-14(19)12-8-6-10-17(12)13(18)11-7-5-9-16(11)4/h5,7,9,12H,6,8,10H2,1-4H3/t12-/m0/s1. The number of hydrogen-bond acceptors (Lipinski definition) is 3. The molecule has 1 aromatic rings. The van der Waals surface area contributed by atoms with Crippen molar-refractivity contribution in [3.8, 4) is 0 Å². The fraction of sp³-hybridized carbons (Fsp3) is 0.600. The third-order valence-corrected chi connectivity index (χ3v) is 3.36. The van der Waals surface area contributed by atoms with Gasteiger partial charge in [-0.25, -0.2) is 4.79 Å². The van der Waals surface area contributed by atoms with Gasteiger partial charge in [-0.1, -0.05) is 0 Å². The molecule has 1 aliphatic rings. The second-order valence-corrected chi connectivity index (χ2v) is 6.19. The number of ether oxygens (including phenoxy) is 1. The highest BCUT2D eigenvalue weighted by Crippen LogP contribution is 2.23. The van der Waals surface area contributed by atoms with Crippen LogP contribution < -0.4 is 0 Å². The Balaban J connectivity index is 2.13. The van der Waals surface area contributed by atoms with E-state index in [-0.39, 0.29) is 11.9 Å². The van der Waals surface area contributed by atoms with Gasteiger partial charge in [-0.05, 0) is 45.7 Å². The second kappa shape index (κ2) is 5.31. The normalized spacial score (nSPS) is 19.2. The van der Waals surface area contributed by atoms with Gasteiger partial charge >= 0.3 is 5.97 Å². The Morgan fingerprint density at radius 3 is 2.60 bits per heavy atom. The van der Waals surface area contributed by atoms with Gasteiger partial charge in [0.2, 0.25) is 0 Å². The highest BCUT2D eigenvalue weighted by molar-refractivity contribution is 5.96. The molecule has 2 rings (SSSR count). The van der Waals surface area contributed by atoms with E-state index in [0.29, 0.717) is 18.7 Å². The molecule has 20 heavy (non-hydrogen) atoms. The lowest BCUT2D eigenvalue weighted by Crippen LogP contribution is -2.44. The molecule has 0 aliphatic carbocycles. The van der Waals surface area contributed by atoms with Crippen LogP contribution in [0.1, 0.15) is 44.1 Å². The maximum absolute atomic E-state index is 12.5. The Morgan fingerprint density at radius 1 is 1.35 bits per heavy atom. The predicted octanol–water partition coefficient (Wildman–Crippen LogP) is 1.97. The molecular formula is C15H22N2O3. The van der Waals surface area contributed by atoms with Gasteiger partial charge in [-0.3, -0.25) is 4.79 Å². The predicted molar refractivity (Wildman–Crippen MR) is 75.3 cm³/mol. The molecule has 0 saturated carbocycles. The summed E-state index contributed by atoms with van der Waals surface area (Å²) in [5, 5.41) is 0. The molecule has 1 fully saturated rings. The van der Waals surface area contributed by atoms with Crippen LogP contribution in [0, 0.1) is 0 Å². The minimum Gasteiger partial charge on any atom is -0.458 e. The quantitative estimate of drug-likeness (QED) is 0.777. The summed E-state index contributed by atoms with van der Waals surface area (Å²) in [5.41, 5.74) is 0.0692. The van der Waals surface area contributed by atoms with Gasteiger partial charge in [-0.2, -0.15) is 0 Å². The number of esters is 1. The zero-order valence-corrected chi connectivity index (χ0v) is 12.5. The van der Waals surface area contributed by atoms with Crippen LogP contribution in [0.5, 0.6) is 0 Å². The fourth-order valence-corrected chi connectivity index (χ4v) is 2.46. The van der Waals surface area contributed by atoms with Gasteiger partial charge in [0, 0.05) is 19.8 Å². The molecule has 5 nitrogen and oxygen atoms in total. The van der Waals surface area contributed by atoms with E-state index in [2.05, 4.69) is 0 Å². The third-order valence-electron chi connectivity index (χ3n) is 3.36. The van der Waals surface area contributed by atoms with Crippen LogP contribution in [0.25, 0.3) is 0 Å². The summed E-state index contributed by atoms with van der Waals surface area (Å²) in [7, 11) is 1.83. The highest BCUT2D eigenvalue weighted by Gasteiger charge is 2.37. The van der Waals surface area contributed by atoms with Crippen LogP contribution in [-0.4, -0.2) is 39.5 Å². The lowest BCUT2D eigenvalue weighted by atomic mass is 10.1. The van der Waals surface area contributed by atoms with Gasteiger partial charge in [0.25, 0.3) is 5.91 Å². The van der Waals surface area contributed by atoms with Gasteiger partial charge in [-0.15, -0.1) is 0 Å². The molecule has 0 radical (unpaired) electrons. The van der Waals surface area contributed by atoms with Crippen LogP contribution in [0.4, 0.5) is 0 Å². The number of aryl methyl sites for hydroxylation is 1. The number of carbonyl (C=O) groups excluding carboxylic acids is 2. The summed E-state index contributed by atoms with van der Waals surface area (Å²) < 4.78 is 7.18. The number of hydrogen-bond donors (Lipinski definition) is 0. The minimum atomic E-state index is -0.528. The SMILES string of the molecule is Cn1cccc1C(=O)N1CCC[C@H]1C(=O)OC(C)(C)C.